The number of hydrogen-bond acceptors (Lipinski definition) is 4. The van der Waals surface area contributed by atoms with Crippen molar-refractivity contribution >= 4 is 5.97 Å². The first kappa shape index (κ1) is 15.4. The van der Waals surface area contributed by atoms with Crippen molar-refractivity contribution in [3.05, 3.63) is 0 Å². The van der Waals surface area contributed by atoms with Crippen LogP contribution < -0.4 is 0 Å². The molecule has 4 heteroatoms. The van der Waals surface area contributed by atoms with Gasteiger partial charge in [0, 0.05) is 12.3 Å². The predicted molar refractivity (Wildman–Crippen MR) is 90.5 cm³/mol. The van der Waals surface area contributed by atoms with Gasteiger partial charge in [0.1, 0.15) is 6.10 Å². The summed E-state index contributed by atoms with van der Waals surface area (Å²) in [6, 6.07) is 0. The minimum atomic E-state index is -0.594. The number of fused-ring (bicyclic) bond motifs is 8. The molecule has 0 amide bonds. The minimum Gasteiger partial charge on any atom is -0.430 e. The molecule has 4 aliphatic carbocycles. The third-order valence-corrected chi connectivity index (χ3v) is 9.54. The van der Waals surface area contributed by atoms with Crippen molar-refractivity contribution in [2.24, 2.45) is 34.5 Å². The van der Waals surface area contributed by atoms with Crippen LogP contribution >= 0.6 is 0 Å². The molecule has 6 aliphatic rings. The molecule has 6 rings (SSSR count). The molecule has 2 aliphatic heterocycles. The van der Waals surface area contributed by atoms with E-state index in [9.17, 15) is 4.79 Å². The zero-order valence-electron chi connectivity index (χ0n) is 15.6. The molecule has 6 fully saturated rings. The molecule has 0 bridgehead atoms. The molecule has 0 aromatic carbocycles. The van der Waals surface area contributed by atoms with Gasteiger partial charge in [-0.25, -0.2) is 0 Å². The summed E-state index contributed by atoms with van der Waals surface area (Å²) >= 11 is 0. The summed E-state index contributed by atoms with van der Waals surface area (Å²) in [5, 5.41) is 0. The van der Waals surface area contributed by atoms with E-state index in [0.29, 0.717) is 23.5 Å². The Morgan fingerprint density at radius 3 is 2.72 bits per heavy atom. The monoisotopic (exact) mass is 346 g/mol. The summed E-state index contributed by atoms with van der Waals surface area (Å²) in [5.74, 6) is 2.33. The Morgan fingerprint density at radius 1 is 1.08 bits per heavy atom. The molecule has 5 unspecified atom stereocenters. The van der Waals surface area contributed by atoms with Crippen molar-refractivity contribution in [3.63, 3.8) is 0 Å². The van der Waals surface area contributed by atoms with E-state index in [1.54, 1.807) is 0 Å². The minimum absolute atomic E-state index is 0.0149. The van der Waals surface area contributed by atoms with Gasteiger partial charge in [0.25, 0.3) is 0 Å². The van der Waals surface area contributed by atoms with Crippen LogP contribution in [0.5, 0.6) is 0 Å². The molecular weight excluding hydrogens is 316 g/mol. The average Bonchev–Trinajstić information content (AvgIpc) is 3.42. The molecule has 0 N–H and O–H groups in total. The first-order chi connectivity index (χ1) is 11.9. The molecule has 4 saturated carbocycles. The van der Waals surface area contributed by atoms with Gasteiger partial charge in [-0.2, -0.15) is 0 Å². The van der Waals surface area contributed by atoms with Crippen molar-refractivity contribution in [3.8, 4) is 0 Å². The highest BCUT2D eigenvalue weighted by atomic mass is 16.8. The third-order valence-electron chi connectivity index (χ3n) is 9.54. The number of rotatable bonds is 1. The quantitative estimate of drug-likeness (QED) is 0.537. The summed E-state index contributed by atoms with van der Waals surface area (Å²) in [6.07, 6.45) is 10.1. The van der Waals surface area contributed by atoms with E-state index in [2.05, 4.69) is 13.8 Å². The number of hydrogen-bond donors (Lipinski definition) is 0. The topological polar surface area (TPSA) is 51.4 Å². The van der Waals surface area contributed by atoms with Crippen LogP contribution in [0.4, 0.5) is 0 Å². The molecule has 0 radical (unpaired) electrons. The molecule has 4 nitrogen and oxygen atoms in total. The highest BCUT2D eigenvalue weighted by Crippen LogP contribution is 2.74. The molecule has 0 aromatic rings. The lowest BCUT2D eigenvalue weighted by Crippen LogP contribution is -2.56. The van der Waals surface area contributed by atoms with Crippen molar-refractivity contribution in [2.45, 2.75) is 89.8 Å². The zero-order valence-corrected chi connectivity index (χ0v) is 15.6. The predicted octanol–water partition coefficient (Wildman–Crippen LogP) is 3.67. The Morgan fingerprint density at radius 2 is 1.92 bits per heavy atom. The number of epoxide rings is 2. The van der Waals surface area contributed by atoms with E-state index in [1.807, 2.05) is 0 Å². The fraction of sp³-hybridized carbons (Fsp3) is 0.952. The maximum atomic E-state index is 11.7. The molecular formula is C21H30O4. The first-order valence-corrected chi connectivity index (χ1v) is 10.4. The van der Waals surface area contributed by atoms with Crippen LogP contribution in [-0.2, 0) is 19.0 Å². The summed E-state index contributed by atoms with van der Waals surface area (Å²) in [7, 11) is 0. The van der Waals surface area contributed by atoms with Crippen molar-refractivity contribution in [2.75, 3.05) is 0 Å². The van der Waals surface area contributed by atoms with E-state index >= 15 is 0 Å². The third kappa shape index (κ3) is 1.74. The van der Waals surface area contributed by atoms with Crippen molar-refractivity contribution in [1.29, 1.82) is 0 Å². The van der Waals surface area contributed by atoms with Gasteiger partial charge in [-0.1, -0.05) is 13.8 Å². The van der Waals surface area contributed by atoms with Gasteiger partial charge in [-0.3, -0.25) is 4.79 Å². The fourth-order valence-corrected chi connectivity index (χ4v) is 8.24. The van der Waals surface area contributed by atoms with E-state index in [1.165, 1.54) is 39.0 Å². The summed E-state index contributed by atoms with van der Waals surface area (Å²) < 4.78 is 17.7. The summed E-state index contributed by atoms with van der Waals surface area (Å²) in [6.45, 7) is 6.44. The molecule has 0 spiro atoms. The van der Waals surface area contributed by atoms with Gasteiger partial charge in [0.05, 0.1) is 12.2 Å². The maximum absolute atomic E-state index is 11.7. The first-order valence-electron chi connectivity index (χ1n) is 10.4. The molecule has 138 valence electrons. The number of carbonyl (C=O) groups is 1. The van der Waals surface area contributed by atoms with Gasteiger partial charge in [0.2, 0.25) is 5.79 Å². The number of esters is 1. The lowest BCUT2D eigenvalue weighted by Gasteiger charge is -2.60. The van der Waals surface area contributed by atoms with Crippen molar-refractivity contribution in [1.82, 2.24) is 0 Å². The Hall–Kier alpha value is -0.610. The van der Waals surface area contributed by atoms with Crippen molar-refractivity contribution < 1.29 is 19.0 Å². The average molecular weight is 346 g/mol. The second-order valence-electron chi connectivity index (χ2n) is 10.4. The van der Waals surface area contributed by atoms with Gasteiger partial charge < -0.3 is 14.2 Å². The highest BCUT2D eigenvalue weighted by Gasteiger charge is 2.80. The van der Waals surface area contributed by atoms with Gasteiger partial charge >= 0.3 is 5.97 Å². The smallest absolute Gasteiger partial charge is 0.305 e. The van der Waals surface area contributed by atoms with Crippen LogP contribution in [0.1, 0.15) is 65.7 Å². The number of ether oxygens (including phenoxy) is 3. The molecule has 0 aromatic heterocycles. The van der Waals surface area contributed by atoms with Crippen LogP contribution in [0.25, 0.3) is 0 Å². The lowest BCUT2D eigenvalue weighted by molar-refractivity contribution is -0.198. The van der Waals surface area contributed by atoms with Crippen LogP contribution in [0.15, 0.2) is 0 Å². The fourth-order valence-electron chi connectivity index (χ4n) is 8.24. The highest BCUT2D eigenvalue weighted by molar-refractivity contribution is 5.67. The standard InChI is InChI=1S/C21H30O4/c1-11(22)24-21-18(25-21)9-15-13-5-4-12-8-16-17(23-16)10-19(12,2)14(13)6-7-20(15,21)3/h12-18H,4-10H2,1-3H3/t12?,13-,14-,15+,16?,17?,18?,19+,20+,21?/m1/s1. The van der Waals surface area contributed by atoms with Gasteiger partial charge in [0.15, 0.2) is 0 Å². The normalized spacial score (nSPS) is 63.4. The van der Waals surface area contributed by atoms with Crippen LogP contribution in [0.2, 0.25) is 0 Å². The zero-order chi connectivity index (χ0) is 17.2. The molecule has 2 saturated heterocycles. The van der Waals surface area contributed by atoms with Gasteiger partial charge in [-0.05, 0) is 74.0 Å². The van der Waals surface area contributed by atoms with Crippen LogP contribution in [0, 0.1) is 34.5 Å². The summed E-state index contributed by atoms with van der Waals surface area (Å²) in [4.78, 5) is 11.7. The Balaban J connectivity index is 1.32. The van der Waals surface area contributed by atoms with E-state index in [0.717, 1.165) is 30.6 Å². The second-order valence-corrected chi connectivity index (χ2v) is 10.4. The largest absolute Gasteiger partial charge is 0.430 e. The molecule has 10 atom stereocenters. The Bertz CT molecular complexity index is 648. The van der Waals surface area contributed by atoms with E-state index < -0.39 is 5.79 Å². The van der Waals surface area contributed by atoms with Crippen LogP contribution in [0.3, 0.4) is 0 Å². The summed E-state index contributed by atoms with van der Waals surface area (Å²) in [5.41, 5.74) is 0.477. The maximum Gasteiger partial charge on any atom is 0.305 e. The SMILES string of the molecule is CC(=O)OC12OC1C[C@H]1[C@@H]3CCC4CC5OC5C[C@]4(C)[C@@H]3CC[C@@]12C. The van der Waals surface area contributed by atoms with E-state index in [-0.39, 0.29) is 17.5 Å². The lowest BCUT2D eigenvalue weighted by atomic mass is 9.45. The van der Waals surface area contributed by atoms with Crippen LogP contribution in [-0.4, -0.2) is 30.1 Å². The van der Waals surface area contributed by atoms with Gasteiger partial charge in [-0.15, -0.1) is 0 Å². The Labute approximate surface area is 150 Å². The molecule has 25 heavy (non-hydrogen) atoms. The second kappa shape index (κ2) is 4.44. The molecule has 2 heterocycles. The Kier molecular flexibility index (Phi) is 2.74. The number of carbonyl (C=O) groups excluding carboxylic acids is 1. The van der Waals surface area contributed by atoms with E-state index in [4.69, 9.17) is 14.2 Å².